The Kier molecular flexibility index (Phi) is 4.57. The van der Waals surface area contributed by atoms with Gasteiger partial charge in [0.25, 0.3) is 0 Å². The lowest BCUT2D eigenvalue weighted by Gasteiger charge is -2.14. The maximum absolute atomic E-state index is 8.89. The standard InChI is InChI=1S/C21H19N3O2/c22-13-15-8-10-18(11-9-15)26-20-14-23-24-21(20)16-4-3-7-19(12-16)25-17-5-1-2-6-17/h3-4,7-12,14,17H,1-2,5-6H2,(H,23,24). The normalized spacial score (nSPS) is 14.1. The van der Waals surface area contributed by atoms with Gasteiger partial charge >= 0.3 is 0 Å². The molecule has 1 aliphatic carbocycles. The molecule has 0 amide bonds. The van der Waals surface area contributed by atoms with Crippen LogP contribution in [0, 0.1) is 11.3 Å². The van der Waals surface area contributed by atoms with E-state index in [-0.39, 0.29) is 0 Å². The van der Waals surface area contributed by atoms with E-state index in [0.29, 0.717) is 23.2 Å². The highest BCUT2D eigenvalue weighted by Gasteiger charge is 2.17. The Balaban J connectivity index is 1.55. The second-order valence-corrected chi connectivity index (χ2v) is 6.40. The van der Waals surface area contributed by atoms with Crippen LogP contribution in [0.2, 0.25) is 0 Å². The molecule has 0 bridgehead atoms. The number of nitriles is 1. The maximum Gasteiger partial charge on any atom is 0.172 e. The fraction of sp³-hybridized carbons (Fsp3) is 0.238. The number of hydrogen-bond acceptors (Lipinski definition) is 4. The van der Waals surface area contributed by atoms with Crippen LogP contribution in [0.5, 0.6) is 17.2 Å². The van der Waals surface area contributed by atoms with Crippen molar-refractivity contribution in [2.75, 3.05) is 0 Å². The average Bonchev–Trinajstić information content (AvgIpc) is 3.35. The number of rotatable bonds is 5. The van der Waals surface area contributed by atoms with Crippen LogP contribution in [0.25, 0.3) is 11.3 Å². The molecular formula is C21H19N3O2. The van der Waals surface area contributed by atoms with Gasteiger partial charge in [0.15, 0.2) is 5.75 Å². The average molecular weight is 345 g/mol. The molecular weight excluding hydrogens is 326 g/mol. The van der Waals surface area contributed by atoms with E-state index in [9.17, 15) is 0 Å². The summed E-state index contributed by atoms with van der Waals surface area (Å²) >= 11 is 0. The monoisotopic (exact) mass is 345 g/mol. The first-order valence-corrected chi connectivity index (χ1v) is 8.80. The molecule has 1 fully saturated rings. The second-order valence-electron chi connectivity index (χ2n) is 6.40. The van der Waals surface area contributed by atoms with Gasteiger partial charge in [-0.15, -0.1) is 0 Å². The molecule has 130 valence electrons. The minimum atomic E-state index is 0.321. The molecule has 1 aromatic heterocycles. The largest absolute Gasteiger partial charge is 0.490 e. The van der Waals surface area contributed by atoms with Crippen molar-refractivity contribution in [2.24, 2.45) is 0 Å². The van der Waals surface area contributed by atoms with Gasteiger partial charge in [-0.1, -0.05) is 12.1 Å². The predicted octanol–water partition coefficient (Wildman–Crippen LogP) is 5.06. The van der Waals surface area contributed by atoms with Gasteiger partial charge in [-0.05, 0) is 62.1 Å². The smallest absolute Gasteiger partial charge is 0.172 e. The van der Waals surface area contributed by atoms with Crippen LogP contribution in [-0.4, -0.2) is 16.3 Å². The Labute approximate surface area is 152 Å². The van der Waals surface area contributed by atoms with E-state index in [2.05, 4.69) is 16.3 Å². The zero-order chi connectivity index (χ0) is 17.8. The molecule has 1 N–H and O–H groups in total. The number of aromatic nitrogens is 2. The summed E-state index contributed by atoms with van der Waals surface area (Å²) in [6, 6.07) is 17.1. The summed E-state index contributed by atoms with van der Waals surface area (Å²) in [5.74, 6) is 2.16. The van der Waals surface area contributed by atoms with Crippen LogP contribution in [-0.2, 0) is 0 Å². The first kappa shape index (κ1) is 16.2. The summed E-state index contributed by atoms with van der Waals surface area (Å²) in [5.41, 5.74) is 2.36. The van der Waals surface area contributed by atoms with Gasteiger partial charge in [0.1, 0.15) is 17.2 Å². The van der Waals surface area contributed by atoms with Gasteiger partial charge in [0.2, 0.25) is 0 Å². The molecule has 0 unspecified atom stereocenters. The Hall–Kier alpha value is -3.26. The molecule has 5 nitrogen and oxygen atoms in total. The van der Waals surface area contributed by atoms with E-state index in [1.165, 1.54) is 12.8 Å². The summed E-state index contributed by atoms with van der Waals surface area (Å²) < 4.78 is 12.0. The van der Waals surface area contributed by atoms with Crippen molar-refractivity contribution in [3.8, 4) is 34.6 Å². The fourth-order valence-electron chi connectivity index (χ4n) is 3.21. The minimum absolute atomic E-state index is 0.321. The molecule has 0 saturated heterocycles. The zero-order valence-corrected chi connectivity index (χ0v) is 14.3. The molecule has 1 heterocycles. The van der Waals surface area contributed by atoms with Gasteiger partial charge < -0.3 is 9.47 Å². The van der Waals surface area contributed by atoms with Crippen molar-refractivity contribution >= 4 is 0 Å². The number of nitrogens with one attached hydrogen (secondary N) is 1. The Morgan fingerprint density at radius 2 is 1.85 bits per heavy atom. The van der Waals surface area contributed by atoms with E-state index in [1.54, 1.807) is 30.5 Å². The summed E-state index contributed by atoms with van der Waals surface area (Å²) in [5, 5.41) is 16.0. The third-order valence-corrected chi connectivity index (χ3v) is 4.54. The van der Waals surface area contributed by atoms with Crippen molar-refractivity contribution in [2.45, 2.75) is 31.8 Å². The van der Waals surface area contributed by atoms with E-state index < -0.39 is 0 Å². The van der Waals surface area contributed by atoms with Crippen LogP contribution in [0.1, 0.15) is 31.2 Å². The third-order valence-electron chi connectivity index (χ3n) is 4.54. The molecule has 5 heteroatoms. The highest BCUT2D eigenvalue weighted by molar-refractivity contribution is 5.67. The number of aromatic amines is 1. The van der Waals surface area contributed by atoms with Gasteiger partial charge in [-0.3, -0.25) is 5.10 Å². The lowest BCUT2D eigenvalue weighted by atomic mass is 10.1. The number of benzene rings is 2. The molecule has 26 heavy (non-hydrogen) atoms. The molecule has 0 radical (unpaired) electrons. The zero-order valence-electron chi connectivity index (χ0n) is 14.3. The van der Waals surface area contributed by atoms with Gasteiger partial charge in [-0.25, -0.2) is 0 Å². The molecule has 1 aliphatic rings. The van der Waals surface area contributed by atoms with E-state index in [4.69, 9.17) is 14.7 Å². The summed E-state index contributed by atoms with van der Waals surface area (Å²) in [6.45, 7) is 0. The van der Waals surface area contributed by atoms with E-state index >= 15 is 0 Å². The van der Waals surface area contributed by atoms with E-state index in [1.807, 2.05) is 24.3 Å². The molecule has 3 aromatic rings. The first-order valence-electron chi connectivity index (χ1n) is 8.80. The maximum atomic E-state index is 8.89. The number of nitrogens with zero attached hydrogens (tertiary/aromatic N) is 2. The molecule has 0 atom stereocenters. The quantitative estimate of drug-likeness (QED) is 0.701. The predicted molar refractivity (Wildman–Crippen MR) is 98.1 cm³/mol. The second kappa shape index (κ2) is 7.32. The third kappa shape index (κ3) is 3.55. The van der Waals surface area contributed by atoms with E-state index in [0.717, 1.165) is 29.8 Å². The van der Waals surface area contributed by atoms with Gasteiger partial charge in [0.05, 0.1) is 23.9 Å². The highest BCUT2D eigenvalue weighted by atomic mass is 16.5. The van der Waals surface area contributed by atoms with Crippen molar-refractivity contribution in [1.82, 2.24) is 10.2 Å². The number of hydrogen-bond donors (Lipinski definition) is 1. The SMILES string of the molecule is N#Cc1ccc(Oc2cn[nH]c2-c2cccc(OC3CCCC3)c2)cc1. The van der Waals surface area contributed by atoms with Crippen LogP contribution in [0.15, 0.2) is 54.7 Å². The molecule has 1 saturated carbocycles. The minimum Gasteiger partial charge on any atom is -0.490 e. The Bertz CT molecular complexity index is 919. The fourth-order valence-corrected chi connectivity index (χ4v) is 3.21. The molecule has 0 spiro atoms. The summed E-state index contributed by atoms with van der Waals surface area (Å²) in [7, 11) is 0. The van der Waals surface area contributed by atoms with Gasteiger partial charge in [-0.2, -0.15) is 10.4 Å². The summed E-state index contributed by atoms with van der Waals surface area (Å²) in [6.07, 6.45) is 6.71. The van der Waals surface area contributed by atoms with Crippen LogP contribution < -0.4 is 9.47 Å². The highest BCUT2D eigenvalue weighted by Crippen LogP contribution is 2.34. The lowest BCUT2D eigenvalue weighted by Crippen LogP contribution is -2.10. The van der Waals surface area contributed by atoms with Crippen LogP contribution in [0.3, 0.4) is 0 Å². The number of H-pyrrole nitrogens is 1. The van der Waals surface area contributed by atoms with Crippen molar-refractivity contribution in [3.63, 3.8) is 0 Å². The number of ether oxygens (including phenoxy) is 2. The topological polar surface area (TPSA) is 70.9 Å². The molecule has 0 aliphatic heterocycles. The summed E-state index contributed by atoms with van der Waals surface area (Å²) in [4.78, 5) is 0. The van der Waals surface area contributed by atoms with Crippen molar-refractivity contribution < 1.29 is 9.47 Å². The van der Waals surface area contributed by atoms with Crippen LogP contribution in [0.4, 0.5) is 0 Å². The van der Waals surface area contributed by atoms with Crippen molar-refractivity contribution in [3.05, 3.63) is 60.3 Å². The Morgan fingerprint density at radius 1 is 1.04 bits per heavy atom. The van der Waals surface area contributed by atoms with Crippen LogP contribution >= 0.6 is 0 Å². The lowest BCUT2D eigenvalue weighted by molar-refractivity contribution is 0.210. The van der Waals surface area contributed by atoms with Crippen molar-refractivity contribution in [1.29, 1.82) is 5.26 Å². The van der Waals surface area contributed by atoms with Gasteiger partial charge in [0, 0.05) is 5.56 Å². The molecule has 4 rings (SSSR count). The first-order chi connectivity index (χ1) is 12.8. The Morgan fingerprint density at radius 3 is 2.62 bits per heavy atom. The molecule has 2 aromatic carbocycles.